The van der Waals surface area contributed by atoms with E-state index in [1.807, 2.05) is 0 Å². The van der Waals surface area contributed by atoms with Crippen molar-refractivity contribution in [1.82, 2.24) is 0 Å². The van der Waals surface area contributed by atoms with Crippen molar-refractivity contribution in [2.24, 2.45) is 0 Å². The second-order valence-electron chi connectivity index (χ2n) is 0.0452. The van der Waals surface area contributed by atoms with Crippen molar-refractivity contribution < 1.29 is 10.9 Å². The fourth-order valence-corrected chi connectivity index (χ4v) is 0. The first kappa shape index (κ1) is 9.38. The van der Waals surface area contributed by atoms with E-state index in [2.05, 4.69) is 41.3 Å². The van der Waals surface area contributed by atoms with Crippen molar-refractivity contribution >= 4 is 28.5 Å². The van der Waals surface area contributed by atoms with Gasteiger partial charge in [-0.15, -0.1) is 12.8 Å². The predicted molar refractivity (Wildman–Crippen MR) is 27.7 cm³/mol. The molecule has 0 rings (SSSR count). The zero-order chi connectivity index (χ0) is 4.71. The third-order valence-electron chi connectivity index (χ3n) is 0. The summed E-state index contributed by atoms with van der Waals surface area (Å²) in [4.78, 5) is 0. The monoisotopic (exact) mass is 242 g/mol. The van der Waals surface area contributed by atoms with Crippen LogP contribution in [0.15, 0.2) is 0 Å². The minimum atomic E-state index is 1.25. The molecule has 34 valence electrons. The Balaban J connectivity index is 0. The molecule has 0 aliphatic carbocycles. The molecule has 0 spiro atoms. The first-order chi connectivity index (χ1) is 2.41. The number of hydrogen-bond acceptors (Lipinski definition) is 0. The molecule has 0 nitrogen and oxygen atoms in total. The summed E-state index contributed by atoms with van der Waals surface area (Å²) < 4.78 is 0. The van der Waals surface area contributed by atoms with Gasteiger partial charge in [0.15, 0.2) is 0 Å². The van der Waals surface area contributed by atoms with Crippen molar-refractivity contribution in [1.29, 1.82) is 0 Å². The zero-order valence-corrected chi connectivity index (χ0v) is 6.39. The molecule has 0 bridgehead atoms. The van der Waals surface area contributed by atoms with Crippen molar-refractivity contribution in [2.75, 3.05) is 0 Å². The van der Waals surface area contributed by atoms with Gasteiger partial charge in [-0.3, -0.25) is 0 Å². The van der Waals surface area contributed by atoms with Crippen LogP contribution >= 0.6 is 28.5 Å². The Labute approximate surface area is 52.1 Å². The van der Waals surface area contributed by atoms with Crippen LogP contribution in [0.4, 0.5) is 0 Å². The molecule has 0 amide bonds. The van der Waals surface area contributed by atoms with E-state index in [0.717, 1.165) is 0 Å². The van der Waals surface area contributed by atoms with Crippen molar-refractivity contribution in [3.05, 3.63) is 0 Å². The molecular weight excluding hydrogens is 243 g/mol. The van der Waals surface area contributed by atoms with Gasteiger partial charge in [0.05, 0.1) is 0 Å². The van der Waals surface area contributed by atoms with Crippen LogP contribution in [-0.4, -0.2) is 0 Å². The molecular formula is C2H2Br2Ni. The van der Waals surface area contributed by atoms with Crippen molar-refractivity contribution in [2.45, 2.75) is 0 Å². The average molecular weight is 245 g/mol. The Morgan fingerprint density at radius 1 is 1.20 bits per heavy atom. The predicted octanol–water partition coefficient (Wildman–Crippen LogP) is 1.94. The maximum absolute atomic E-state index is 4.00. The number of rotatable bonds is 0. The summed E-state index contributed by atoms with van der Waals surface area (Å²) in [7, 11) is 1.25. The van der Waals surface area contributed by atoms with Gasteiger partial charge in [-0.1, -0.05) is 0 Å². The van der Waals surface area contributed by atoms with Crippen LogP contribution in [0.2, 0.25) is 0 Å². The van der Waals surface area contributed by atoms with Crippen molar-refractivity contribution in [3.63, 3.8) is 0 Å². The molecule has 0 aromatic rings. The van der Waals surface area contributed by atoms with E-state index in [1.165, 1.54) is 10.9 Å². The molecule has 0 aromatic heterocycles. The van der Waals surface area contributed by atoms with Crippen LogP contribution in [0.25, 0.3) is 0 Å². The molecule has 0 heterocycles. The summed E-state index contributed by atoms with van der Waals surface area (Å²) >= 11 is 6.00. The second-order valence-corrected chi connectivity index (χ2v) is 5.03. The van der Waals surface area contributed by atoms with E-state index >= 15 is 0 Å². The summed E-state index contributed by atoms with van der Waals surface area (Å²) in [5.41, 5.74) is 0. The van der Waals surface area contributed by atoms with E-state index in [0.29, 0.717) is 0 Å². The molecule has 0 aromatic carbocycles. The summed E-state index contributed by atoms with van der Waals surface area (Å²) in [5.74, 6) is 0. The number of halogens is 2. The van der Waals surface area contributed by atoms with Gasteiger partial charge < -0.3 is 0 Å². The Kier molecular flexibility index (Phi) is 37.4. The van der Waals surface area contributed by atoms with E-state index in [-0.39, 0.29) is 0 Å². The van der Waals surface area contributed by atoms with Crippen LogP contribution in [0.3, 0.4) is 0 Å². The number of hydrogen-bond donors (Lipinski definition) is 0. The Morgan fingerprint density at radius 2 is 1.20 bits per heavy atom. The Hall–Kier alpha value is 1.01. The SMILES string of the molecule is C#C.[Br][Ni][Br]. The third kappa shape index (κ3) is 44.3. The average Bonchev–Trinajstić information content (AvgIpc) is 1.46. The summed E-state index contributed by atoms with van der Waals surface area (Å²) in [6, 6.07) is 0. The van der Waals surface area contributed by atoms with Gasteiger partial charge in [0.1, 0.15) is 0 Å². The third-order valence-corrected chi connectivity index (χ3v) is 0. The summed E-state index contributed by atoms with van der Waals surface area (Å²) in [6.07, 6.45) is 8.00. The van der Waals surface area contributed by atoms with Crippen LogP contribution in [-0.2, 0) is 10.9 Å². The Morgan fingerprint density at radius 3 is 1.20 bits per heavy atom. The van der Waals surface area contributed by atoms with Crippen LogP contribution in [0.1, 0.15) is 0 Å². The van der Waals surface area contributed by atoms with E-state index in [1.54, 1.807) is 0 Å². The Bertz CT molecular complexity index is 18.9. The molecule has 3 heteroatoms. The fraction of sp³-hybridized carbons (Fsp3) is 0. The zero-order valence-electron chi connectivity index (χ0n) is 2.23. The molecule has 0 saturated heterocycles. The molecule has 0 atom stereocenters. The molecule has 0 saturated carbocycles. The minimum absolute atomic E-state index is 1.25. The van der Waals surface area contributed by atoms with E-state index in [4.69, 9.17) is 0 Å². The molecule has 0 aliphatic heterocycles. The maximum atomic E-state index is 4.00. The van der Waals surface area contributed by atoms with Crippen LogP contribution < -0.4 is 0 Å². The van der Waals surface area contributed by atoms with Gasteiger partial charge in [0.2, 0.25) is 0 Å². The molecule has 0 fully saturated rings. The van der Waals surface area contributed by atoms with Gasteiger partial charge in [-0.2, -0.15) is 0 Å². The summed E-state index contributed by atoms with van der Waals surface area (Å²) in [5, 5.41) is 0. The van der Waals surface area contributed by atoms with Gasteiger partial charge in [0.25, 0.3) is 0 Å². The summed E-state index contributed by atoms with van der Waals surface area (Å²) in [6.45, 7) is 0. The quantitative estimate of drug-likeness (QED) is 0.451. The van der Waals surface area contributed by atoms with Gasteiger partial charge in [-0.25, -0.2) is 0 Å². The first-order valence-corrected chi connectivity index (χ1v) is 5.45. The van der Waals surface area contributed by atoms with E-state index < -0.39 is 0 Å². The molecule has 0 radical (unpaired) electrons. The molecule has 0 N–H and O–H groups in total. The fourth-order valence-electron chi connectivity index (χ4n) is 0. The standard InChI is InChI=1S/C2H2.2BrH.Ni/c1-2;;;/h1-2H;2*1H;/q;;;+2/p-2. The van der Waals surface area contributed by atoms with Crippen molar-refractivity contribution in [3.8, 4) is 12.8 Å². The molecule has 0 aliphatic rings. The van der Waals surface area contributed by atoms with E-state index in [9.17, 15) is 0 Å². The van der Waals surface area contributed by atoms with Gasteiger partial charge in [-0.05, 0) is 0 Å². The number of terminal acetylenes is 1. The second kappa shape index (κ2) is 19.9. The van der Waals surface area contributed by atoms with Gasteiger partial charge in [0, 0.05) is 0 Å². The van der Waals surface area contributed by atoms with Crippen LogP contribution in [0, 0.1) is 12.8 Å². The topological polar surface area (TPSA) is 0 Å². The molecule has 0 unspecified atom stereocenters. The normalized spacial score (nSPS) is 4.80. The van der Waals surface area contributed by atoms with Crippen LogP contribution in [0.5, 0.6) is 0 Å². The first-order valence-electron chi connectivity index (χ1n) is 0.572. The molecule has 5 heavy (non-hydrogen) atoms. The van der Waals surface area contributed by atoms with Gasteiger partial charge >= 0.3 is 39.3 Å².